The van der Waals surface area contributed by atoms with Crippen molar-refractivity contribution in [3.63, 3.8) is 0 Å². The van der Waals surface area contributed by atoms with Gasteiger partial charge in [0.05, 0.1) is 0 Å². The largest absolute Gasteiger partial charge is 0.0801 e. The normalized spacial score (nSPS) is 26.9. The lowest BCUT2D eigenvalue weighted by Gasteiger charge is -2.37. The topological polar surface area (TPSA) is 0 Å². The summed E-state index contributed by atoms with van der Waals surface area (Å²) in [6.45, 7) is 6.98. The van der Waals surface area contributed by atoms with E-state index in [0.717, 1.165) is 11.8 Å². The fraction of sp³-hybridized carbons (Fsp3) is 0.652. The average Bonchev–Trinajstić information content (AvgIpc) is 3.39. The predicted octanol–water partition coefficient (Wildman–Crippen LogP) is 6.83. The van der Waals surface area contributed by atoms with Crippen LogP contribution in [0.4, 0.5) is 0 Å². The van der Waals surface area contributed by atoms with Crippen molar-refractivity contribution in [3.8, 4) is 0 Å². The zero-order valence-electron chi connectivity index (χ0n) is 15.4. The Bertz CT molecular complexity index is 509. The third kappa shape index (κ3) is 3.90. The maximum atomic E-state index is 2.44. The van der Waals surface area contributed by atoms with Crippen LogP contribution in [0.1, 0.15) is 76.3 Å². The minimum absolute atomic E-state index is 0.380. The van der Waals surface area contributed by atoms with Gasteiger partial charge in [-0.2, -0.15) is 0 Å². The maximum Gasteiger partial charge on any atom is 0.00503 e. The molecule has 1 saturated carbocycles. The molecule has 1 aromatic carbocycles. The molecule has 0 bridgehead atoms. The van der Waals surface area contributed by atoms with Crippen molar-refractivity contribution in [2.45, 2.75) is 77.6 Å². The van der Waals surface area contributed by atoms with Crippen molar-refractivity contribution in [2.24, 2.45) is 17.8 Å². The molecule has 0 heterocycles. The molecule has 126 valence electrons. The van der Waals surface area contributed by atoms with Crippen LogP contribution >= 0.6 is 0 Å². The van der Waals surface area contributed by atoms with Gasteiger partial charge >= 0.3 is 0 Å². The molecule has 1 unspecified atom stereocenters. The summed E-state index contributed by atoms with van der Waals surface area (Å²) in [6, 6.07) is 9.44. The van der Waals surface area contributed by atoms with Gasteiger partial charge in [-0.3, -0.25) is 0 Å². The van der Waals surface area contributed by atoms with E-state index in [-0.39, 0.29) is 0 Å². The molecule has 0 nitrogen and oxygen atoms in total. The fourth-order valence-electron chi connectivity index (χ4n) is 4.77. The second kappa shape index (κ2) is 7.24. The quantitative estimate of drug-likeness (QED) is 0.484. The highest BCUT2D eigenvalue weighted by molar-refractivity contribution is 5.37. The molecule has 1 fully saturated rings. The second-order valence-electron chi connectivity index (χ2n) is 8.35. The van der Waals surface area contributed by atoms with Gasteiger partial charge in [-0.25, -0.2) is 0 Å². The number of benzene rings is 1. The zero-order valence-corrected chi connectivity index (χ0v) is 15.4. The first-order valence-electron chi connectivity index (χ1n) is 9.89. The van der Waals surface area contributed by atoms with E-state index in [2.05, 4.69) is 57.2 Å². The van der Waals surface area contributed by atoms with Crippen LogP contribution in [0, 0.1) is 24.7 Å². The number of hydrogen-bond donors (Lipinski definition) is 0. The minimum Gasteiger partial charge on any atom is -0.0801 e. The highest BCUT2D eigenvalue weighted by Crippen LogP contribution is 2.49. The molecule has 0 saturated heterocycles. The molecule has 0 aliphatic heterocycles. The van der Waals surface area contributed by atoms with Gasteiger partial charge in [0.2, 0.25) is 0 Å². The van der Waals surface area contributed by atoms with Crippen LogP contribution in [0.15, 0.2) is 36.4 Å². The van der Waals surface area contributed by atoms with Gasteiger partial charge in [-0.1, -0.05) is 87.9 Å². The summed E-state index contributed by atoms with van der Waals surface area (Å²) in [7, 11) is 0. The van der Waals surface area contributed by atoms with Crippen molar-refractivity contribution < 1.29 is 0 Å². The molecule has 1 atom stereocenters. The fourth-order valence-corrected chi connectivity index (χ4v) is 4.77. The van der Waals surface area contributed by atoms with Gasteiger partial charge in [-0.15, -0.1) is 0 Å². The van der Waals surface area contributed by atoms with Crippen molar-refractivity contribution >= 4 is 0 Å². The molecule has 0 aromatic heterocycles. The summed E-state index contributed by atoms with van der Waals surface area (Å²) in [4.78, 5) is 0. The molecular weight excluding hydrogens is 276 g/mol. The van der Waals surface area contributed by atoms with Crippen LogP contribution < -0.4 is 0 Å². The lowest BCUT2D eigenvalue weighted by molar-refractivity contribution is 0.234. The lowest BCUT2D eigenvalue weighted by atomic mass is 9.66. The van der Waals surface area contributed by atoms with E-state index in [1.54, 1.807) is 5.56 Å². The molecule has 2 aliphatic carbocycles. The van der Waals surface area contributed by atoms with Gasteiger partial charge in [0.1, 0.15) is 0 Å². The Hall–Kier alpha value is -1.04. The molecule has 3 rings (SSSR count). The van der Waals surface area contributed by atoms with E-state index in [4.69, 9.17) is 0 Å². The highest BCUT2D eigenvalue weighted by atomic mass is 14.4. The monoisotopic (exact) mass is 310 g/mol. The molecule has 0 spiro atoms. The van der Waals surface area contributed by atoms with Crippen LogP contribution in [0.25, 0.3) is 0 Å². The Morgan fingerprint density at radius 2 is 1.61 bits per heavy atom. The third-order valence-corrected chi connectivity index (χ3v) is 6.48. The number of hydrogen-bond acceptors (Lipinski definition) is 0. The van der Waals surface area contributed by atoms with E-state index < -0.39 is 0 Å². The van der Waals surface area contributed by atoms with Gasteiger partial charge in [0, 0.05) is 11.3 Å². The van der Waals surface area contributed by atoms with E-state index >= 15 is 0 Å². The van der Waals surface area contributed by atoms with Crippen LogP contribution in [-0.2, 0) is 5.41 Å². The first kappa shape index (κ1) is 16.8. The maximum absolute atomic E-state index is 2.44. The van der Waals surface area contributed by atoms with Gasteiger partial charge in [0.25, 0.3) is 0 Å². The molecule has 0 heteroatoms. The first-order valence-corrected chi connectivity index (χ1v) is 9.89. The molecular formula is C23H34. The smallest absolute Gasteiger partial charge is 0.00503 e. The Morgan fingerprint density at radius 3 is 2.17 bits per heavy atom. The number of allylic oxidation sites excluding steroid dienone is 2. The van der Waals surface area contributed by atoms with Crippen LogP contribution in [0.5, 0.6) is 0 Å². The van der Waals surface area contributed by atoms with Crippen LogP contribution in [-0.4, -0.2) is 0 Å². The molecule has 2 aliphatic rings. The van der Waals surface area contributed by atoms with Gasteiger partial charge in [0.15, 0.2) is 0 Å². The summed E-state index contributed by atoms with van der Waals surface area (Å²) < 4.78 is 0. The summed E-state index contributed by atoms with van der Waals surface area (Å²) in [5, 5.41) is 0. The van der Waals surface area contributed by atoms with Gasteiger partial charge in [-0.05, 0) is 43.6 Å². The minimum atomic E-state index is 0.380. The Morgan fingerprint density at radius 1 is 0.957 bits per heavy atom. The summed E-state index contributed by atoms with van der Waals surface area (Å²) in [5.74, 6) is 2.66. The van der Waals surface area contributed by atoms with E-state index in [0.29, 0.717) is 11.3 Å². The van der Waals surface area contributed by atoms with Crippen molar-refractivity contribution in [2.75, 3.05) is 0 Å². The van der Waals surface area contributed by atoms with Gasteiger partial charge < -0.3 is 0 Å². The number of rotatable bonds is 7. The van der Waals surface area contributed by atoms with Crippen molar-refractivity contribution in [3.05, 3.63) is 47.5 Å². The Labute approximate surface area is 143 Å². The Kier molecular flexibility index (Phi) is 5.29. The van der Waals surface area contributed by atoms with E-state index in [1.807, 2.05) is 0 Å². The summed E-state index contributed by atoms with van der Waals surface area (Å²) in [5.41, 5.74) is 3.35. The average molecular weight is 311 g/mol. The molecule has 0 radical (unpaired) electrons. The van der Waals surface area contributed by atoms with E-state index in [1.165, 1.54) is 56.9 Å². The number of aryl methyl sites for hydroxylation is 1. The zero-order chi connectivity index (χ0) is 16.3. The standard InChI is InChI=1S/C23H34/c1-4-16-23(22-13-14-22,21-11-7-19(3)8-12-21)17-15-20-9-5-18(2)6-10-20/h7-8,11-14,18,20,22H,4-6,9-10,15-17H2,1-3H3. The van der Waals surface area contributed by atoms with Crippen LogP contribution in [0.2, 0.25) is 0 Å². The molecule has 23 heavy (non-hydrogen) atoms. The first-order chi connectivity index (χ1) is 11.1. The van der Waals surface area contributed by atoms with Crippen molar-refractivity contribution in [1.29, 1.82) is 0 Å². The predicted molar refractivity (Wildman–Crippen MR) is 101 cm³/mol. The summed E-state index contributed by atoms with van der Waals surface area (Å²) >= 11 is 0. The Balaban J connectivity index is 1.74. The molecule has 0 amide bonds. The second-order valence-corrected chi connectivity index (χ2v) is 8.35. The van der Waals surface area contributed by atoms with Crippen LogP contribution in [0.3, 0.4) is 0 Å². The van der Waals surface area contributed by atoms with E-state index in [9.17, 15) is 0 Å². The SMILES string of the molecule is CCCC(CCC1CCC(C)CC1)(c1ccc(C)cc1)C1C=C1. The van der Waals surface area contributed by atoms with Crippen molar-refractivity contribution in [1.82, 2.24) is 0 Å². The molecule has 1 aromatic rings. The highest BCUT2D eigenvalue weighted by Gasteiger charge is 2.41. The summed E-state index contributed by atoms with van der Waals surface area (Å²) in [6.07, 6.45) is 16.2. The molecule has 0 N–H and O–H groups in total. The lowest BCUT2D eigenvalue weighted by Crippen LogP contribution is -2.31. The third-order valence-electron chi connectivity index (χ3n) is 6.48.